The lowest BCUT2D eigenvalue weighted by Crippen LogP contribution is -1.87. The van der Waals surface area contributed by atoms with Gasteiger partial charge in [0, 0.05) is 34.7 Å². The van der Waals surface area contributed by atoms with Gasteiger partial charge in [-0.2, -0.15) is 0 Å². The lowest BCUT2D eigenvalue weighted by Gasteiger charge is -2.07. The molecule has 0 aliphatic rings. The Labute approximate surface area is 149 Å². The lowest BCUT2D eigenvalue weighted by molar-refractivity contribution is 1.35. The summed E-state index contributed by atoms with van der Waals surface area (Å²) in [4.78, 5) is 9.05. The highest BCUT2D eigenvalue weighted by atomic mass is 33.1. The smallest absolute Gasteiger partial charge is 0.0742 e. The highest BCUT2D eigenvalue weighted by molar-refractivity contribution is 8.76. The van der Waals surface area contributed by atoms with E-state index in [0.717, 1.165) is 22.5 Å². The van der Waals surface area contributed by atoms with Crippen LogP contribution in [0.3, 0.4) is 0 Å². The number of rotatable bonds is 5. The van der Waals surface area contributed by atoms with E-state index in [1.807, 2.05) is 46.1 Å². The Morgan fingerprint density at radius 1 is 0.583 bits per heavy atom. The molecule has 0 N–H and O–H groups in total. The molecule has 0 aliphatic heterocycles. The Balaban J connectivity index is 1.44. The van der Waals surface area contributed by atoms with Gasteiger partial charge in [0.1, 0.15) is 0 Å². The number of hydrogen-bond acceptors (Lipinski definition) is 4. The minimum Gasteiger partial charge on any atom is -0.256 e. The Morgan fingerprint density at radius 2 is 1.04 bits per heavy atom. The second kappa shape index (κ2) is 7.24. The molecule has 2 nitrogen and oxygen atoms in total. The molecule has 4 aromatic rings. The van der Waals surface area contributed by atoms with Crippen molar-refractivity contribution in [3.8, 4) is 0 Å². The molecule has 0 amide bonds. The second-order valence-corrected chi connectivity index (χ2v) is 7.97. The number of hydrogen-bond donors (Lipinski definition) is 0. The highest BCUT2D eigenvalue weighted by Crippen LogP contribution is 2.32. The molecule has 0 aliphatic carbocycles. The zero-order valence-corrected chi connectivity index (χ0v) is 14.7. The van der Waals surface area contributed by atoms with Crippen LogP contribution in [0.25, 0.3) is 21.8 Å². The summed E-state index contributed by atoms with van der Waals surface area (Å²) in [6.45, 7) is 0. The topological polar surface area (TPSA) is 25.8 Å². The van der Waals surface area contributed by atoms with Gasteiger partial charge >= 0.3 is 0 Å². The van der Waals surface area contributed by atoms with E-state index in [1.165, 1.54) is 21.9 Å². The summed E-state index contributed by atoms with van der Waals surface area (Å²) < 4.78 is 0. The van der Waals surface area contributed by atoms with Gasteiger partial charge in [-0.1, -0.05) is 70.1 Å². The number of benzene rings is 2. The lowest BCUT2D eigenvalue weighted by atomic mass is 10.1. The maximum Gasteiger partial charge on any atom is 0.0742 e. The minimum atomic E-state index is 0.956. The zero-order valence-electron chi connectivity index (χ0n) is 13.1. The fourth-order valence-corrected chi connectivity index (χ4v) is 4.93. The standard InChI is InChI=1S/C20H16N2S2/c1-5-15-9-3-11-21-19(15)17(7-1)13-23-24-14-18-8-2-6-16-10-4-12-22-20(16)18/h1-12H,13-14H2. The molecule has 2 aromatic heterocycles. The van der Waals surface area contributed by atoms with Crippen LogP contribution < -0.4 is 0 Å². The SMILES string of the molecule is c1cnc2c(CSSCc3cccc4cccnc34)cccc2c1. The van der Waals surface area contributed by atoms with Gasteiger partial charge in [-0.05, 0) is 23.3 Å². The summed E-state index contributed by atoms with van der Waals surface area (Å²) in [6, 6.07) is 21.0. The fraction of sp³-hybridized carbons (Fsp3) is 0.100. The number of para-hydroxylation sites is 2. The molecule has 0 saturated carbocycles. The number of pyridine rings is 2. The quantitative estimate of drug-likeness (QED) is 0.333. The molecule has 4 heteroatoms. The van der Waals surface area contributed by atoms with Crippen LogP contribution in [0.2, 0.25) is 0 Å². The molecular weight excluding hydrogens is 332 g/mol. The predicted octanol–water partition coefficient (Wildman–Crippen LogP) is 5.86. The van der Waals surface area contributed by atoms with Crippen LogP contribution in [-0.2, 0) is 11.5 Å². The van der Waals surface area contributed by atoms with Crippen LogP contribution in [0, 0.1) is 0 Å². The Bertz CT molecular complexity index is 893. The second-order valence-electron chi connectivity index (χ2n) is 5.51. The zero-order chi connectivity index (χ0) is 16.2. The average Bonchev–Trinajstić information content (AvgIpc) is 2.65. The number of aromatic nitrogens is 2. The summed E-state index contributed by atoms with van der Waals surface area (Å²) in [5, 5.41) is 2.41. The van der Waals surface area contributed by atoms with E-state index in [4.69, 9.17) is 0 Å². The van der Waals surface area contributed by atoms with Crippen LogP contribution in [0.1, 0.15) is 11.1 Å². The van der Waals surface area contributed by atoms with Crippen molar-refractivity contribution < 1.29 is 0 Å². The molecule has 0 radical (unpaired) electrons. The predicted molar refractivity (Wildman–Crippen MR) is 106 cm³/mol. The third-order valence-electron chi connectivity index (χ3n) is 3.94. The first-order valence-electron chi connectivity index (χ1n) is 7.81. The van der Waals surface area contributed by atoms with Crippen molar-refractivity contribution in [2.45, 2.75) is 11.5 Å². The van der Waals surface area contributed by atoms with Crippen LogP contribution in [0.5, 0.6) is 0 Å². The molecule has 0 unspecified atom stereocenters. The van der Waals surface area contributed by atoms with E-state index in [9.17, 15) is 0 Å². The first kappa shape index (κ1) is 15.5. The summed E-state index contributed by atoms with van der Waals surface area (Å²) >= 11 is 0. The van der Waals surface area contributed by atoms with Crippen molar-refractivity contribution in [1.29, 1.82) is 0 Å². The Hall–Kier alpha value is -2.04. The highest BCUT2D eigenvalue weighted by Gasteiger charge is 2.04. The largest absolute Gasteiger partial charge is 0.256 e. The Morgan fingerprint density at radius 3 is 1.54 bits per heavy atom. The molecule has 118 valence electrons. The first-order valence-corrected chi connectivity index (χ1v) is 10.3. The molecule has 2 heterocycles. The van der Waals surface area contributed by atoms with Crippen molar-refractivity contribution >= 4 is 43.4 Å². The summed E-state index contributed by atoms with van der Waals surface area (Å²) in [6.07, 6.45) is 3.73. The molecule has 0 atom stereocenters. The third-order valence-corrected chi connectivity index (χ3v) is 6.18. The van der Waals surface area contributed by atoms with Crippen molar-refractivity contribution in [2.75, 3.05) is 0 Å². The van der Waals surface area contributed by atoms with Gasteiger partial charge in [0.2, 0.25) is 0 Å². The third kappa shape index (κ3) is 3.25. The Kier molecular flexibility index (Phi) is 4.67. The monoisotopic (exact) mass is 348 g/mol. The number of nitrogens with zero attached hydrogens (tertiary/aromatic N) is 2. The molecule has 2 aromatic carbocycles. The van der Waals surface area contributed by atoms with Gasteiger partial charge < -0.3 is 0 Å². The molecule has 0 fully saturated rings. The molecule has 0 saturated heterocycles. The van der Waals surface area contributed by atoms with E-state index in [2.05, 4.69) is 58.5 Å². The van der Waals surface area contributed by atoms with Crippen molar-refractivity contribution in [2.24, 2.45) is 0 Å². The molecule has 0 spiro atoms. The molecular formula is C20H16N2S2. The number of fused-ring (bicyclic) bond motifs is 2. The van der Waals surface area contributed by atoms with Gasteiger partial charge in [-0.3, -0.25) is 9.97 Å². The van der Waals surface area contributed by atoms with E-state index in [-0.39, 0.29) is 0 Å². The summed E-state index contributed by atoms with van der Waals surface area (Å²) in [5.74, 6) is 1.91. The van der Waals surface area contributed by atoms with Gasteiger partial charge in [0.15, 0.2) is 0 Å². The fourth-order valence-electron chi connectivity index (χ4n) is 2.78. The van der Waals surface area contributed by atoms with Gasteiger partial charge in [-0.15, -0.1) is 0 Å². The van der Waals surface area contributed by atoms with Crippen molar-refractivity contribution in [3.63, 3.8) is 0 Å². The van der Waals surface area contributed by atoms with E-state index in [0.29, 0.717) is 0 Å². The normalized spacial score (nSPS) is 11.2. The van der Waals surface area contributed by atoms with Gasteiger partial charge in [0.25, 0.3) is 0 Å². The van der Waals surface area contributed by atoms with E-state index >= 15 is 0 Å². The minimum absolute atomic E-state index is 0.956. The first-order chi connectivity index (χ1) is 11.9. The van der Waals surface area contributed by atoms with Crippen molar-refractivity contribution in [1.82, 2.24) is 9.97 Å². The molecule has 24 heavy (non-hydrogen) atoms. The summed E-state index contributed by atoms with van der Waals surface area (Å²) in [7, 11) is 3.75. The van der Waals surface area contributed by atoms with Gasteiger partial charge in [-0.25, -0.2) is 0 Å². The summed E-state index contributed by atoms with van der Waals surface area (Å²) in [5.41, 5.74) is 4.81. The maximum atomic E-state index is 4.53. The van der Waals surface area contributed by atoms with Crippen LogP contribution in [0.15, 0.2) is 73.1 Å². The maximum absolute atomic E-state index is 4.53. The average molecular weight is 348 g/mol. The molecule has 0 bridgehead atoms. The van der Waals surface area contributed by atoms with Crippen molar-refractivity contribution in [3.05, 3.63) is 84.2 Å². The van der Waals surface area contributed by atoms with Gasteiger partial charge in [0.05, 0.1) is 11.0 Å². The van der Waals surface area contributed by atoms with Crippen LogP contribution in [0.4, 0.5) is 0 Å². The van der Waals surface area contributed by atoms with Crippen LogP contribution in [-0.4, -0.2) is 9.97 Å². The molecule has 4 rings (SSSR count). The van der Waals surface area contributed by atoms with Crippen LogP contribution >= 0.6 is 21.6 Å². The van der Waals surface area contributed by atoms with E-state index < -0.39 is 0 Å². The van der Waals surface area contributed by atoms with E-state index in [1.54, 1.807) is 0 Å².